The third-order valence-electron chi connectivity index (χ3n) is 12.7. The second-order valence-electron chi connectivity index (χ2n) is 16.9. The van der Waals surface area contributed by atoms with Crippen LogP contribution in [0.2, 0.25) is 0 Å². The number of aliphatic hydroxyl groups is 1. The summed E-state index contributed by atoms with van der Waals surface area (Å²) in [7, 11) is 0. The van der Waals surface area contributed by atoms with Crippen molar-refractivity contribution in [3.63, 3.8) is 0 Å². The van der Waals surface area contributed by atoms with E-state index < -0.39 is 18.2 Å². The molecule has 320 valence electrons. The van der Waals surface area contributed by atoms with E-state index in [1.807, 2.05) is 83.8 Å². The van der Waals surface area contributed by atoms with E-state index in [9.17, 15) is 24.6 Å². The first-order chi connectivity index (χ1) is 29.8. The molecule has 0 spiro atoms. The monoisotopic (exact) mass is 827 g/mol. The number of nitrogens with zero attached hydrogens (tertiary/aromatic N) is 2. The van der Waals surface area contributed by atoms with Gasteiger partial charge in [0.1, 0.15) is 24.2 Å². The number of aliphatic hydroxyl groups excluding tert-OH is 1. The molecule has 61 heavy (non-hydrogen) atoms. The zero-order valence-electron chi connectivity index (χ0n) is 34.6. The quantitative estimate of drug-likeness (QED) is 0.0620. The maximum Gasteiger partial charge on any atom is 0.408 e. The number of rotatable bonds is 17. The summed E-state index contributed by atoms with van der Waals surface area (Å²) in [6.45, 7) is 5.45. The maximum atomic E-state index is 13.9. The molecule has 9 rings (SSSR count). The van der Waals surface area contributed by atoms with Gasteiger partial charge in [-0.25, -0.2) is 4.79 Å². The largest absolute Gasteiger partial charge is 0.506 e. The molecule has 12 heteroatoms. The number of aromatic hydroxyl groups is 1. The number of nitrogens with one attached hydrogen (secondary N) is 3. The highest BCUT2D eigenvalue weighted by molar-refractivity contribution is 5.94. The van der Waals surface area contributed by atoms with E-state index in [-0.39, 0.29) is 29.9 Å². The Bertz CT molecular complexity index is 2300. The summed E-state index contributed by atoms with van der Waals surface area (Å²) in [4.78, 5) is 46.0. The van der Waals surface area contributed by atoms with E-state index in [4.69, 9.17) is 9.47 Å². The van der Waals surface area contributed by atoms with Gasteiger partial charge in [-0.05, 0) is 122 Å². The van der Waals surface area contributed by atoms with Gasteiger partial charge in [-0.15, -0.1) is 0 Å². The molecule has 5 N–H and O–H groups in total. The lowest BCUT2D eigenvalue weighted by atomic mass is 9.86. The topological polar surface area (TPSA) is 156 Å². The van der Waals surface area contributed by atoms with Crippen LogP contribution in [0.3, 0.4) is 0 Å². The minimum absolute atomic E-state index is 0.00291. The summed E-state index contributed by atoms with van der Waals surface area (Å²) >= 11 is 0. The van der Waals surface area contributed by atoms with Gasteiger partial charge in [-0.3, -0.25) is 14.5 Å². The fourth-order valence-corrected chi connectivity index (χ4v) is 9.29. The van der Waals surface area contributed by atoms with E-state index in [1.54, 1.807) is 12.1 Å². The number of piperidine rings is 3. The Morgan fingerprint density at radius 1 is 0.885 bits per heavy atom. The summed E-state index contributed by atoms with van der Waals surface area (Å²) in [6, 6.07) is 31.0. The molecule has 2 amide bonds. The summed E-state index contributed by atoms with van der Waals surface area (Å²) in [5, 5.41) is 28.2. The molecule has 1 saturated carbocycles. The number of carbonyl (C=O) groups excluding carboxylic acids is 2. The molecule has 3 aliphatic heterocycles. The van der Waals surface area contributed by atoms with E-state index in [2.05, 4.69) is 20.5 Å². The number of carbonyl (C=O) groups is 2. The second kappa shape index (κ2) is 19.8. The molecule has 4 aromatic carbocycles. The van der Waals surface area contributed by atoms with Gasteiger partial charge in [-0.2, -0.15) is 0 Å². The molecule has 0 radical (unpaired) electrons. The Kier molecular flexibility index (Phi) is 13.6. The van der Waals surface area contributed by atoms with Gasteiger partial charge in [0.05, 0.1) is 17.7 Å². The number of aromatic amines is 1. The first kappa shape index (κ1) is 42.0. The smallest absolute Gasteiger partial charge is 0.408 e. The van der Waals surface area contributed by atoms with Crippen molar-refractivity contribution in [3.05, 3.63) is 141 Å². The molecule has 3 saturated heterocycles. The van der Waals surface area contributed by atoms with Crippen LogP contribution in [0.4, 0.5) is 4.79 Å². The van der Waals surface area contributed by atoms with Crippen LogP contribution in [0.1, 0.15) is 89.7 Å². The lowest BCUT2D eigenvalue weighted by Crippen LogP contribution is -2.52. The number of hydrogen-bond donors (Lipinski definition) is 5. The number of phenols is 1. The maximum absolute atomic E-state index is 13.9. The van der Waals surface area contributed by atoms with Crippen LogP contribution >= 0.6 is 0 Å². The van der Waals surface area contributed by atoms with Crippen molar-refractivity contribution >= 4 is 22.9 Å². The highest BCUT2D eigenvalue weighted by Crippen LogP contribution is 2.32. The Morgan fingerprint density at radius 2 is 1.66 bits per heavy atom. The molecular weight excluding hydrogens is 771 g/mol. The first-order valence-electron chi connectivity index (χ1n) is 21.9. The van der Waals surface area contributed by atoms with Gasteiger partial charge < -0.3 is 40.2 Å². The minimum atomic E-state index is -0.852. The van der Waals surface area contributed by atoms with Gasteiger partial charge in [0, 0.05) is 43.2 Å². The second-order valence-corrected chi connectivity index (χ2v) is 16.9. The fraction of sp³-hybridized carbons (Fsp3) is 0.408. The molecule has 4 fully saturated rings. The van der Waals surface area contributed by atoms with Crippen LogP contribution in [0.25, 0.3) is 10.9 Å². The highest BCUT2D eigenvalue weighted by Gasteiger charge is 2.37. The van der Waals surface area contributed by atoms with Crippen molar-refractivity contribution in [3.8, 4) is 11.5 Å². The fourth-order valence-electron chi connectivity index (χ4n) is 9.29. The van der Waals surface area contributed by atoms with Crippen LogP contribution in [-0.4, -0.2) is 88.9 Å². The molecule has 4 heterocycles. The van der Waals surface area contributed by atoms with Gasteiger partial charge >= 0.3 is 6.09 Å². The Labute approximate surface area is 356 Å². The molecule has 1 aromatic heterocycles. The molecule has 5 aromatic rings. The number of ether oxygens (including phenoxy) is 2. The number of pyridine rings is 1. The van der Waals surface area contributed by atoms with Gasteiger partial charge in [0.15, 0.2) is 0 Å². The predicted molar refractivity (Wildman–Crippen MR) is 235 cm³/mol. The van der Waals surface area contributed by atoms with Crippen LogP contribution in [-0.2, 0) is 11.3 Å². The number of hydrogen-bond acceptors (Lipinski definition) is 9. The molecule has 3 atom stereocenters. The number of H-pyrrole nitrogens is 1. The van der Waals surface area contributed by atoms with Crippen LogP contribution < -0.4 is 20.9 Å². The van der Waals surface area contributed by atoms with Gasteiger partial charge in [-0.1, -0.05) is 73.5 Å². The minimum Gasteiger partial charge on any atom is -0.506 e. The van der Waals surface area contributed by atoms with Crippen LogP contribution in [0, 0.1) is 11.8 Å². The zero-order valence-corrected chi connectivity index (χ0v) is 34.6. The highest BCUT2D eigenvalue weighted by atomic mass is 16.6. The lowest BCUT2D eigenvalue weighted by molar-refractivity contribution is -0.0336. The van der Waals surface area contributed by atoms with Crippen molar-refractivity contribution in [2.75, 3.05) is 45.8 Å². The molecule has 4 aliphatic rings. The number of phenolic OH excluding ortho intramolecular Hbond substituents is 1. The van der Waals surface area contributed by atoms with E-state index >= 15 is 0 Å². The number of aromatic nitrogens is 1. The molecular formula is C49H57N5O7. The average Bonchev–Trinajstić information content (AvgIpc) is 3.81. The number of alkyl carbamates (subject to hydrolysis) is 1. The van der Waals surface area contributed by atoms with E-state index in [0.29, 0.717) is 65.7 Å². The Morgan fingerprint density at radius 3 is 2.41 bits per heavy atom. The van der Waals surface area contributed by atoms with Crippen molar-refractivity contribution < 1.29 is 29.3 Å². The lowest BCUT2D eigenvalue weighted by Gasteiger charge is -2.43. The normalized spacial score (nSPS) is 19.7. The van der Waals surface area contributed by atoms with E-state index in [1.165, 1.54) is 25.0 Å². The first-order valence-corrected chi connectivity index (χ1v) is 21.9. The molecule has 2 bridgehead atoms. The van der Waals surface area contributed by atoms with Crippen LogP contribution in [0.15, 0.2) is 108 Å². The standard InChI is InChI=1S/C49H57N5O7/c55-42-20-18-40(41-19-21-45(57)51-47(41)42)43(56)29-50-24-7-25-54(30-33-8-4-5-9-33)48(58)37-16-14-34(15-17-37)32-60-39-13-6-12-38(28-39)46(36-10-2-1-3-11-36)52-49(59)61-44-31-53-26-22-35(44)23-27-53/h1-3,6,10-21,28,33,35,43-44,46,50,55-56H,4-5,7-9,22-27,29-32H2,(H,51,57)(H,52,59)/t43-,44-,46-/m0/s1. The SMILES string of the molecule is O=C(N[C@@H](c1ccccc1)c1cccc(OCc2ccc(C(=O)N(CCCNC[C@H](O)c3ccc(O)c4[nH]c(=O)ccc34)CC3CCCC3)cc2)c1)O[C@H]1CN2CCC1CC2. The van der Waals surface area contributed by atoms with Crippen molar-refractivity contribution in [1.29, 1.82) is 0 Å². The third kappa shape index (κ3) is 10.6. The molecule has 1 aliphatic carbocycles. The van der Waals surface area contributed by atoms with Crippen molar-refractivity contribution in [1.82, 2.24) is 25.4 Å². The third-order valence-corrected chi connectivity index (χ3v) is 12.7. The van der Waals surface area contributed by atoms with Crippen molar-refractivity contribution in [2.24, 2.45) is 11.8 Å². The van der Waals surface area contributed by atoms with Gasteiger partial charge in [0.25, 0.3) is 5.91 Å². The van der Waals surface area contributed by atoms with Crippen LogP contribution in [0.5, 0.6) is 11.5 Å². The summed E-state index contributed by atoms with van der Waals surface area (Å²) in [5.41, 5.74) is 3.98. The average molecular weight is 828 g/mol. The zero-order chi connectivity index (χ0) is 42.1. The number of benzene rings is 4. The number of amides is 2. The van der Waals surface area contributed by atoms with Crippen molar-refractivity contribution in [2.45, 2.75) is 69.8 Å². The molecule has 12 nitrogen and oxygen atoms in total. The van der Waals surface area contributed by atoms with E-state index in [0.717, 1.165) is 68.6 Å². The number of fused-ring (bicyclic) bond motifs is 4. The Balaban J connectivity index is 0.855. The van der Waals surface area contributed by atoms with Gasteiger partial charge in [0.2, 0.25) is 5.56 Å². The summed E-state index contributed by atoms with van der Waals surface area (Å²) < 4.78 is 12.3. The summed E-state index contributed by atoms with van der Waals surface area (Å²) in [6.07, 6.45) is 6.14. The summed E-state index contributed by atoms with van der Waals surface area (Å²) in [5.74, 6) is 1.54. The molecule has 0 unspecified atom stereocenters. The Hall–Kier alpha value is -5.69. The predicted octanol–water partition coefficient (Wildman–Crippen LogP) is 7.07.